The van der Waals surface area contributed by atoms with E-state index in [-0.39, 0.29) is 11.5 Å². The number of para-hydroxylation sites is 1. The maximum Gasteiger partial charge on any atom is 0.0704 e. The molecule has 1 saturated carbocycles. The number of piperidine rings is 4. The van der Waals surface area contributed by atoms with Gasteiger partial charge in [-0.05, 0) is 36.3 Å². The maximum absolute atomic E-state index is 11.6. The topological polar surface area (TPSA) is 26.7 Å². The Morgan fingerprint density at radius 3 is 2.91 bits per heavy atom. The van der Waals surface area contributed by atoms with Crippen molar-refractivity contribution >= 4 is 5.69 Å². The Morgan fingerprint density at radius 2 is 2.09 bits per heavy atom. The largest absolute Gasteiger partial charge is 0.392 e. The SMILES string of the molecule is CC[C@@H]1CN2[C@H]3C[C@@]45c6ccccc6N(C)[C@H]4[C@@H]2C[C@@H]1[C@@H]3[C@H]5O. The van der Waals surface area contributed by atoms with Crippen LogP contribution in [0.2, 0.25) is 0 Å². The molecule has 1 unspecified atom stereocenters. The lowest BCUT2D eigenvalue weighted by Crippen LogP contribution is -2.69. The molecule has 3 heteroatoms. The molecule has 0 aromatic heterocycles. The second-order valence-corrected chi connectivity index (χ2v) is 8.74. The van der Waals surface area contributed by atoms with Crippen molar-refractivity contribution in [1.29, 1.82) is 0 Å². The number of benzene rings is 1. The highest BCUT2D eigenvalue weighted by molar-refractivity contribution is 5.67. The minimum Gasteiger partial charge on any atom is -0.392 e. The van der Waals surface area contributed by atoms with E-state index in [1.54, 1.807) is 0 Å². The normalized spacial score (nSPS) is 54.5. The number of hydrogen-bond donors (Lipinski definition) is 1. The Kier molecular flexibility index (Phi) is 2.27. The fourth-order valence-corrected chi connectivity index (χ4v) is 7.75. The average Bonchev–Trinajstić information content (AvgIpc) is 2.98. The first-order valence-electron chi connectivity index (χ1n) is 9.44. The van der Waals surface area contributed by atoms with Gasteiger partial charge in [0.05, 0.1) is 12.1 Å². The summed E-state index contributed by atoms with van der Waals surface area (Å²) in [6.07, 6.45) is 3.60. The van der Waals surface area contributed by atoms with E-state index in [1.807, 2.05) is 0 Å². The molecule has 5 bridgehead atoms. The van der Waals surface area contributed by atoms with E-state index in [9.17, 15) is 5.11 Å². The summed E-state index contributed by atoms with van der Waals surface area (Å²) in [5.41, 5.74) is 2.81. The third-order valence-corrected chi connectivity index (χ3v) is 8.41. The summed E-state index contributed by atoms with van der Waals surface area (Å²) < 4.78 is 0. The van der Waals surface area contributed by atoms with E-state index in [0.29, 0.717) is 24.0 Å². The fourth-order valence-electron chi connectivity index (χ4n) is 7.75. The molecule has 0 radical (unpaired) electrons. The first-order chi connectivity index (χ1) is 11.2. The number of fused-ring (bicyclic) bond motifs is 2. The molecule has 3 nitrogen and oxygen atoms in total. The lowest BCUT2D eigenvalue weighted by molar-refractivity contribution is -0.100. The number of aliphatic hydroxyl groups excluding tert-OH is 1. The molecule has 23 heavy (non-hydrogen) atoms. The van der Waals surface area contributed by atoms with Crippen molar-refractivity contribution in [3.63, 3.8) is 0 Å². The Bertz CT molecular complexity index is 690. The molecule has 1 aromatic rings. The summed E-state index contributed by atoms with van der Waals surface area (Å²) in [5, 5.41) is 11.6. The summed E-state index contributed by atoms with van der Waals surface area (Å²) in [4.78, 5) is 5.34. The van der Waals surface area contributed by atoms with Gasteiger partial charge in [-0.1, -0.05) is 31.5 Å². The van der Waals surface area contributed by atoms with Crippen molar-refractivity contribution in [1.82, 2.24) is 4.90 Å². The molecule has 1 N–H and O–H groups in total. The molecule has 5 aliphatic heterocycles. The molecular weight excluding hydrogens is 284 g/mol. The third kappa shape index (κ3) is 1.21. The minimum absolute atomic E-state index is 0.000769. The average molecular weight is 310 g/mol. The zero-order valence-corrected chi connectivity index (χ0v) is 14.0. The zero-order chi connectivity index (χ0) is 15.5. The van der Waals surface area contributed by atoms with Crippen LogP contribution in [0.1, 0.15) is 31.7 Å². The Hall–Kier alpha value is -1.06. The Balaban J connectivity index is 1.59. The zero-order valence-electron chi connectivity index (χ0n) is 14.0. The molecule has 7 rings (SSSR count). The standard InChI is InChI=1S/C20H26N2O/c1-3-11-10-22-15-8-12(11)17-16(22)9-20(19(17)23)13-6-4-5-7-14(13)21(2)18(15)20/h4-7,11-12,15-19,23H,3,8-10H2,1-2H3/t11-,12+,15+,16+,17+,18+,19-,20-/m1/s1. The van der Waals surface area contributed by atoms with Gasteiger partial charge in [0.1, 0.15) is 0 Å². The molecule has 1 aromatic carbocycles. The van der Waals surface area contributed by atoms with Crippen LogP contribution >= 0.6 is 0 Å². The van der Waals surface area contributed by atoms with Crippen molar-refractivity contribution < 1.29 is 5.11 Å². The van der Waals surface area contributed by atoms with Crippen LogP contribution < -0.4 is 4.90 Å². The molecule has 9 atom stereocenters. The van der Waals surface area contributed by atoms with Crippen LogP contribution in [0.15, 0.2) is 24.3 Å². The van der Waals surface area contributed by atoms with E-state index < -0.39 is 0 Å². The monoisotopic (exact) mass is 310 g/mol. The summed E-state index contributed by atoms with van der Waals surface area (Å²) in [6, 6.07) is 10.6. The maximum atomic E-state index is 11.6. The third-order valence-electron chi connectivity index (χ3n) is 8.41. The summed E-state index contributed by atoms with van der Waals surface area (Å²) in [5.74, 6) is 2.06. The lowest BCUT2D eigenvalue weighted by atomic mass is 9.63. The number of hydrogen-bond acceptors (Lipinski definition) is 3. The number of anilines is 1. The van der Waals surface area contributed by atoms with Gasteiger partial charge in [0.15, 0.2) is 0 Å². The van der Waals surface area contributed by atoms with Crippen LogP contribution in [0.5, 0.6) is 0 Å². The van der Waals surface area contributed by atoms with Crippen molar-refractivity contribution in [2.75, 3.05) is 18.5 Å². The molecule has 6 aliphatic rings. The van der Waals surface area contributed by atoms with Gasteiger partial charge < -0.3 is 10.0 Å². The molecule has 1 aliphatic carbocycles. The molecule has 0 amide bonds. The Labute approximate surface area is 138 Å². The predicted molar refractivity (Wildman–Crippen MR) is 90.6 cm³/mol. The lowest BCUT2D eigenvalue weighted by Gasteiger charge is -2.60. The van der Waals surface area contributed by atoms with E-state index in [4.69, 9.17) is 0 Å². The van der Waals surface area contributed by atoms with E-state index in [0.717, 1.165) is 11.8 Å². The van der Waals surface area contributed by atoms with Gasteiger partial charge in [-0.15, -0.1) is 0 Å². The highest BCUT2D eigenvalue weighted by Crippen LogP contribution is 2.67. The smallest absolute Gasteiger partial charge is 0.0704 e. The highest BCUT2D eigenvalue weighted by atomic mass is 16.3. The summed E-state index contributed by atoms with van der Waals surface area (Å²) in [7, 11) is 2.27. The van der Waals surface area contributed by atoms with Crippen LogP contribution in [0, 0.1) is 17.8 Å². The number of nitrogens with zero attached hydrogens (tertiary/aromatic N) is 2. The van der Waals surface area contributed by atoms with Crippen molar-refractivity contribution in [2.24, 2.45) is 17.8 Å². The molecule has 5 heterocycles. The molecule has 5 fully saturated rings. The Morgan fingerprint density at radius 1 is 1.26 bits per heavy atom. The van der Waals surface area contributed by atoms with Gasteiger partial charge in [-0.25, -0.2) is 0 Å². The second-order valence-electron chi connectivity index (χ2n) is 8.74. The predicted octanol–water partition coefficient (Wildman–Crippen LogP) is 2.24. The van der Waals surface area contributed by atoms with E-state index in [2.05, 4.69) is 48.0 Å². The van der Waals surface area contributed by atoms with E-state index >= 15 is 0 Å². The molecule has 1 spiro atoms. The first kappa shape index (κ1) is 13.3. The van der Waals surface area contributed by atoms with Gasteiger partial charge >= 0.3 is 0 Å². The quantitative estimate of drug-likeness (QED) is 0.862. The second kappa shape index (κ2) is 3.94. The van der Waals surface area contributed by atoms with Crippen LogP contribution in [0.3, 0.4) is 0 Å². The van der Waals surface area contributed by atoms with Gasteiger partial charge in [-0.3, -0.25) is 4.90 Å². The van der Waals surface area contributed by atoms with Crippen LogP contribution in [0.4, 0.5) is 5.69 Å². The number of rotatable bonds is 1. The van der Waals surface area contributed by atoms with Crippen LogP contribution in [0.25, 0.3) is 0 Å². The summed E-state index contributed by atoms with van der Waals surface area (Å²) in [6.45, 7) is 3.62. The highest BCUT2D eigenvalue weighted by Gasteiger charge is 2.74. The molecule has 122 valence electrons. The van der Waals surface area contributed by atoms with Gasteiger partial charge in [0, 0.05) is 42.7 Å². The van der Waals surface area contributed by atoms with Crippen LogP contribution in [-0.2, 0) is 5.41 Å². The summed E-state index contributed by atoms with van der Waals surface area (Å²) >= 11 is 0. The minimum atomic E-state index is -0.155. The van der Waals surface area contributed by atoms with E-state index in [1.165, 1.54) is 37.1 Å². The van der Waals surface area contributed by atoms with Crippen molar-refractivity contribution in [2.45, 2.75) is 55.8 Å². The van der Waals surface area contributed by atoms with Crippen LogP contribution in [-0.4, -0.2) is 47.8 Å². The van der Waals surface area contributed by atoms with Crippen molar-refractivity contribution in [3.8, 4) is 0 Å². The number of aliphatic hydroxyl groups is 1. The fraction of sp³-hybridized carbons (Fsp3) is 0.700. The van der Waals surface area contributed by atoms with Gasteiger partial charge in [0.2, 0.25) is 0 Å². The van der Waals surface area contributed by atoms with Gasteiger partial charge in [-0.2, -0.15) is 0 Å². The first-order valence-corrected chi connectivity index (χ1v) is 9.44. The molecule has 4 saturated heterocycles. The number of likely N-dealkylation sites (N-methyl/N-ethyl adjacent to an activating group) is 1. The van der Waals surface area contributed by atoms with Gasteiger partial charge in [0.25, 0.3) is 0 Å². The van der Waals surface area contributed by atoms with Crippen molar-refractivity contribution in [3.05, 3.63) is 29.8 Å². The molecular formula is C20H26N2O.